The predicted molar refractivity (Wildman–Crippen MR) is 210 cm³/mol. The Balaban J connectivity index is 0.000000179. The van der Waals surface area contributed by atoms with Gasteiger partial charge in [-0.1, -0.05) is 26.7 Å². The maximum atomic E-state index is 12.4. The fourth-order valence-corrected chi connectivity index (χ4v) is 7.09. The minimum atomic E-state index is -4.42. The number of carbonyl (C=O) groups excluding carboxylic acids is 1. The summed E-state index contributed by atoms with van der Waals surface area (Å²) in [5.74, 6) is 1.37. The van der Waals surface area contributed by atoms with Crippen molar-refractivity contribution in [2.45, 2.75) is 50.9 Å². The van der Waals surface area contributed by atoms with Gasteiger partial charge in [0.15, 0.2) is 22.6 Å². The molecular formula is C33H40F6I2N12OV. The summed E-state index contributed by atoms with van der Waals surface area (Å²) in [6.45, 7) is 4.65. The average molecular weight is 1040 g/mol. The summed E-state index contributed by atoms with van der Waals surface area (Å²) in [6, 6.07) is 3.30. The van der Waals surface area contributed by atoms with Crippen molar-refractivity contribution in [2.75, 3.05) is 39.3 Å². The average Bonchev–Trinajstić information content (AvgIpc) is 4.00. The van der Waals surface area contributed by atoms with E-state index < -0.39 is 31.5 Å². The van der Waals surface area contributed by atoms with E-state index in [2.05, 4.69) is 98.3 Å². The third kappa shape index (κ3) is 10.6. The first kappa shape index (κ1) is 43.3. The van der Waals surface area contributed by atoms with Gasteiger partial charge in [-0.25, -0.2) is 24.7 Å². The number of carbonyl (C=O) groups is 1. The maximum absolute atomic E-state index is 12.4. The fourth-order valence-electron chi connectivity index (χ4n) is 7.09. The summed E-state index contributed by atoms with van der Waals surface area (Å²) in [6.07, 6.45) is 4.44. The van der Waals surface area contributed by atoms with Crippen LogP contribution in [0.1, 0.15) is 49.9 Å². The van der Waals surface area contributed by atoms with E-state index in [0.29, 0.717) is 40.0 Å². The Hall–Kier alpha value is -2.87. The molecule has 0 spiro atoms. The van der Waals surface area contributed by atoms with E-state index in [0.717, 1.165) is 53.2 Å². The Morgan fingerprint density at radius 3 is 1.80 bits per heavy atom. The first-order chi connectivity index (χ1) is 26.2. The zero-order chi connectivity index (χ0) is 39.9. The van der Waals surface area contributed by atoms with Gasteiger partial charge in [-0.3, -0.25) is 8.80 Å². The number of nitrogens with two attached hydrogens (primary N) is 1. The monoisotopic (exact) mass is 1040 g/mol. The van der Waals surface area contributed by atoms with Crippen LogP contribution in [-0.2, 0) is 9.47 Å². The van der Waals surface area contributed by atoms with Crippen LogP contribution in [0, 0.1) is 11.8 Å². The summed E-state index contributed by atoms with van der Waals surface area (Å²) in [7, 11) is 0.628. The van der Waals surface area contributed by atoms with Gasteiger partial charge in [0.05, 0.1) is 30.0 Å². The molecule has 2 aliphatic heterocycles. The van der Waals surface area contributed by atoms with Crippen molar-refractivity contribution in [2.24, 2.45) is 17.6 Å². The molecule has 55 heavy (non-hydrogen) atoms. The van der Waals surface area contributed by atoms with Crippen molar-refractivity contribution in [1.29, 1.82) is 0 Å². The summed E-state index contributed by atoms with van der Waals surface area (Å²) in [5, 5.41) is 5.47. The van der Waals surface area contributed by atoms with Gasteiger partial charge >= 0.3 is 67.8 Å². The number of hydrogen-bond donors (Lipinski definition) is 5. The number of aromatic nitrogens is 8. The van der Waals surface area contributed by atoms with Crippen LogP contribution < -0.4 is 16.4 Å². The van der Waals surface area contributed by atoms with Gasteiger partial charge in [0.1, 0.15) is 6.54 Å². The second kappa shape index (κ2) is 19.1. The molecule has 0 bridgehead atoms. The quantitative estimate of drug-likeness (QED) is 0.0909. The minimum absolute atomic E-state index is 0.0119. The van der Waals surface area contributed by atoms with Crippen LogP contribution in [0.15, 0.2) is 49.3 Å². The molecule has 22 heteroatoms. The number of urea groups is 1. The first-order valence-corrected chi connectivity index (χ1v) is 26.3. The van der Waals surface area contributed by atoms with E-state index in [1.807, 2.05) is 41.3 Å². The third-order valence-corrected chi connectivity index (χ3v) is 9.69. The Morgan fingerprint density at radius 2 is 1.33 bits per heavy atom. The third-order valence-electron chi connectivity index (χ3n) is 9.69. The molecule has 0 aliphatic carbocycles. The van der Waals surface area contributed by atoms with Crippen molar-refractivity contribution in [3.63, 3.8) is 0 Å². The van der Waals surface area contributed by atoms with E-state index in [9.17, 15) is 31.1 Å². The summed E-state index contributed by atoms with van der Waals surface area (Å²) < 4.78 is 73.4. The van der Waals surface area contributed by atoms with E-state index in [1.165, 1.54) is 17.0 Å². The molecule has 2 saturated heterocycles. The Bertz CT molecular complexity index is 2150. The summed E-state index contributed by atoms with van der Waals surface area (Å²) in [5.41, 5.74) is 11.7. The molecule has 299 valence electrons. The van der Waals surface area contributed by atoms with Gasteiger partial charge in [0.2, 0.25) is 0 Å². The molecule has 6 aromatic rings. The van der Waals surface area contributed by atoms with Crippen LogP contribution in [-0.4, -0.2) is 101 Å². The molecule has 0 saturated carbocycles. The van der Waals surface area contributed by atoms with Crippen LogP contribution in [0.3, 0.4) is 0 Å². The fraction of sp³-hybridized carbons (Fsp3) is 0.485. The van der Waals surface area contributed by atoms with Gasteiger partial charge < -0.3 is 31.2 Å². The number of H-pyrrole nitrogens is 2. The molecule has 2 aliphatic rings. The van der Waals surface area contributed by atoms with Crippen LogP contribution in [0.5, 0.6) is 0 Å². The van der Waals surface area contributed by atoms with Gasteiger partial charge in [0.25, 0.3) is 0 Å². The number of imidazole rings is 2. The molecule has 8 rings (SSSR count). The number of aromatic amines is 2. The number of amides is 2. The van der Waals surface area contributed by atoms with Crippen LogP contribution in [0.4, 0.5) is 31.1 Å². The number of likely N-dealkylation sites (tertiary alicyclic amines) is 1. The molecule has 0 unspecified atom stereocenters. The van der Waals surface area contributed by atoms with Gasteiger partial charge in [-0.2, -0.15) is 26.3 Å². The topological polar surface area (TPSA) is 162 Å². The molecular weight excluding hydrogens is 999 g/mol. The van der Waals surface area contributed by atoms with Crippen LogP contribution >= 0.6 is 40.0 Å². The molecule has 4 atom stereocenters. The number of nitrogens with one attached hydrogen (secondary N) is 4. The van der Waals surface area contributed by atoms with E-state index >= 15 is 0 Å². The molecule has 6 aromatic heterocycles. The Kier molecular flexibility index (Phi) is 15.0. The molecule has 0 radical (unpaired) electrons. The zero-order valence-corrected chi connectivity index (χ0v) is 35.4. The molecule has 2 amide bonds. The van der Waals surface area contributed by atoms with Crippen molar-refractivity contribution in [3.05, 3.63) is 60.7 Å². The Labute approximate surface area is 340 Å². The SMILES string of the molecule is CC[C@@H]1CN(C(=O)NCC(F)(F)F)C[C@@H]1c1cnc2cnc3[nH]ccc3n12.CC[C@@H]1CNC[C@@H]1c1cnc2cnc3[nH]ccc3n12.NCC(F)(F)F.[I][V][I]. The van der Waals surface area contributed by atoms with Gasteiger partial charge in [0, 0.05) is 67.6 Å². The predicted octanol–water partition coefficient (Wildman–Crippen LogP) is 7.11. The normalized spacial score (nSPS) is 19.9. The van der Waals surface area contributed by atoms with Crippen molar-refractivity contribution in [1.82, 2.24) is 54.2 Å². The van der Waals surface area contributed by atoms with Gasteiger partial charge in [-0.15, -0.1) is 0 Å². The number of halogens is 8. The van der Waals surface area contributed by atoms with Gasteiger partial charge in [-0.05, 0) is 30.5 Å². The second-order valence-electron chi connectivity index (χ2n) is 13.0. The van der Waals surface area contributed by atoms with E-state index in [1.54, 1.807) is 18.6 Å². The second-order valence-corrected chi connectivity index (χ2v) is 24.8. The van der Waals surface area contributed by atoms with E-state index in [4.69, 9.17) is 0 Å². The molecule has 6 N–H and O–H groups in total. The van der Waals surface area contributed by atoms with Crippen LogP contribution in [0.2, 0.25) is 0 Å². The number of fused-ring (bicyclic) bond motifs is 6. The summed E-state index contributed by atoms with van der Waals surface area (Å²) in [4.78, 5) is 37.5. The molecule has 13 nitrogen and oxygen atoms in total. The zero-order valence-electron chi connectivity index (χ0n) is 29.7. The van der Waals surface area contributed by atoms with Crippen molar-refractivity contribution < 1.29 is 40.6 Å². The van der Waals surface area contributed by atoms with E-state index in [-0.39, 0.29) is 11.8 Å². The Morgan fingerprint density at radius 1 is 0.818 bits per heavy atom. The number of hydrogen-bond acceptors (Lipinski definition) is 7. The molecule has 8 heterocycles. The number of rotatable bonds is 5. The standard InChI is InChI=1S/C17H19F3N6O.C14H17N5.C2H4F3N.2HI.V/c1-2-10-7-25(16(27)24-9-17(18,19)20)8-11(10)13-5-22-14-6-23-15-12(26(13)14)3-4-21-15;1-2-9-5-15-6-10(9)12-7-17-13-8-18-14-11(19(12)13)3-4-16-14;3-2(4,5)1-6;;;/h3-6,10-11,21H,2,7-9H2,1H3,(H,24,27);3-4,7-10,15-16H,2,5-6H2,1H3;1,6H2;2*1H;/q;;;;;+2/p-2/t10-,11+;9-,10+;;;;/m11..../s1. The molecule has 2 fully saturated rings. The number of nitrogens with zero attached hydrogens (tertiary/aromatic N) is 7. The van der Waals surface area contributed by atoms with Crippen molar-refractivity contribution in [3.8, 4) is 0 Å². The van der Waals surface area contributed by atoms with Crippen LogP contribution in [0.25, 0.3) is 33.6 Å². The van der Waals surface area contributed by atoms with Crippen molar-refractivity contribution >= 4 is 79.6 Å². The first-order valence-electron chi connectivity index (χ1n) is 17.3. The molecule has 0 aromatic carbocycles. The number of alkyl halides is 6. The summed E-state index contributed by atoms with van der Waals surface area (Å²) >= 11 is 4.74.